The molecule has 0 aliphatic heterocycles. The SMILES string of the molecule is CC(C)C1CCCC(C(C)C)C1C1CCCCC1. The first kappa shape index (κ1) is 14.4. The van der Waals surface area contributed by atoms with Crippen molar-refractivity contribution in [2.24, 2.45) is 35.5 Å². The van der Waals surface area contributed by atoms with Crippen LogP contribution in [-0.4, -0.2) is 0 Å². The predicted octanol–water partition coefficient (Wildman–Crippen LogP) is 5.91. The van der Waals surface area contributed by atoms with Gasteiger partial charge in [0.2, 0.25) is 0 Å². The molecule has 0 bridgehead atoms. The molecule has 0 saturated heterocycles. The Hall–Kier alpha value is 0. The van der Waals surface area contributed by atoms with Gasteiger partial charge in [-0.1, -0.05) is 66.2 Å². The zero-order valence-corrected chi connectivity index (χ0v) is 13.1. The van der Waals surface area contributed by atoms with Crippen molar-refractivity contribution in [1.29, 1.82) is 0 Å². The van der Waals surface area contributed by atoms with Gasteiger partial charge >= 0.3 is 0 Å². The van der Waals surface area contributed by atoms with E-state index in [4.69, 9.17) is 0 Å². The molecule has 2 aliphatic rings. The van der Waals surface area contributed by atoms with Gasteiger partial charge in [0, 0.05) is 0 Å². The zero-order valence-electron chi connectivity index (χ0n) is 13.1. The molecule has 2 saturated carbocycles. The van der Waals surface area contributed by atoms with Crippen LogP contribution >= 0.6 is 0 Å². The molecule has 0 heterocycles. The van der Waals surface area contributed by atoms with Crippen LogP contribution in [0.2, 0.25) is 0 Å². The fourth-order valence-electron chi connectivity index (χ4n) is 5.07. The van der Waals surface area contributed by atoms with Crippen LogP contribution in [0, 0.1) is 35.5 Å². The summed E-state index contributed by atoms with van der Waals surface area (Å²) in [6.07, 6.45) is 12.1. The van der Waals surface area contributed by atoms with Gasteiger partial charge < -0.3 is 0 Å². The molecular weight excluding hydrogens is 216 g/mol. The van der Waals surface area contributed by atoms with Gasteiger partial charge in [-0.3, -0.25) is 0 Å². The van der Waals surface area contributed by atoms with E-state index >= 15 is 0 Å². The smallest absolute Gasteiger partial charge is 0.0324 e. The highest BCUT2D eigenvalue weighted by Crippen LogP contribution is 2.49. The molecule has 0 aromatic heterocycles. The lowest BCUT2D eigenvalue weighted by atomic mass is 9.58. The van der Waals surface area contributed by atoms with Crippen molar-refractivity contribution in [2.45, 2.75) is 79.1 Å². The molecule has 0 amide bonds. The number of rotatable bonds is 3. The van der Waals surface area contributed by atoms with Gasteiger partial charge in [0.15, 0.2) is 0 Å². The molecule has 0 spiro atoms. The van der Waals surface area contributed by atoms with Crippen LogP contribution in [0.1, 0.15) is 79.1 Å². The Morgan fingerprint density at radius 3 is 1.56 bits per heavy atom. The summed E-state index contributed by atoms with van der Waals surface area (Å²) in [6.45, 7) is 9.90. The quantitative estimate of drug-likeness (QED) is 0.584. The molecule has 2 rings (SSSR count). The summed E-state index contributed by atoms with van der Waals surface area (Å²) in [4.78, 5) is 0. The zero-order chi connectivity index (χ0) is 13.1. The lowest BCUT2D eigenvalue weighted by Gasteiger charge is -2.47. The topological polar surface area (TPSA) is 0 Å². The largest absolute Gasteiger partial charge is 0.0625 e. The molecule has 0 aromatic carbocycles. The molecule has 0 N–H and O–H groups in total. The van der Waals surface area contributed by atoms with Crippen LogP contribution in [0.5, 0.6) is 0 Å². The maximum absolute atomic E-state index is 2.48. The highest BCUT2D eigenvalue weighted by Gasteiger charge is 2.40. The van der Waals surface area contributed by atoms with Gasteiger partial charge in [0.05, 0.1) is 0 Å². The molecule has 2 unspecified atom stereocenters. The van der Waals surface area contributed by atoms with Crippen molar-refractivity contribution in [1.82, 2.24) is 0 Å². The Bertz CT molecular complexity index is 218. The molecule has 0 heteroatoms. The molecule has 0 nitrogen and oxygen atoms in total. The van der Waals surface area contributed by atoms with Gasteiger partial charge in [-0.25, -0.2) is 0 Å². The minimum Gasteiger partial charge on any atom is -0.0625 e. The highest BCUT2D eigenvalue weighted by molar-refractivity contribution is 4.90. The first-order valence-corrected chi connectivity index (χ1v) is 8.61. The van der Waals surface area contributed by atoms with Crippen molar-refractivity contribution < 1.29 is 0 Å². The van der Waals surface area contributed by atoms with E-state index in [1.165, 1.54) is 51.4 Å². The van der Waals surface area contributed by atoms with Gasteiger partial charge in [0.25, 0.3) is 0 Å². The van der Waals surface area contributed by atoms with Crippen LogP contribution in [0.25, 0.3) is 0 Å². The Balaban J connectivity index is 2.14. The molecule has 0 aromatic rings. The third-order valence-corrected chi connectivity index (χ3v) is 5.97. The summed E-state index contributed by atoms with van der Waals surface area (Å²) < 4.78 is 0. The van der Waals surface area contributed by atoms with Gasteiger partial charge in [0.1, 0.15) is 0 Å². The number of hydrogen-bond donors (Lipinski definition) is 0. The van der Waals surface area contributed by atoms with E-state index in [1.807, 2.05) is 0 Å². The average molecular weight is 250 g/mol. The first-order chi connectivity index (χ1) is 8.61. The van der Waals surface area contributed by atoms with Crippen LogP contribution in [0.4, 0.5) is 0 Å². The summed E-state index contributed by atoms with van der Waals surface area (Å²) in [6, 6.07) is 0. The van der Waals surface area contributed by atoms with E-state index in [1.54, 1.807) is 0 Å². The van der Waals surface area contributed by atoms with E-state index in [0.29, 0.717) is 0 Å². The van der Waals surface area contributed by atoms with Gasteiger partial charge in [-0.15, -0.1) is 0 Å². The van der Waals surface area contributed by atoms with Crippen molar-refractivity contribution >= 4 is 0 Å². The van der Waals surface area contributed by atoms with E-state index in [9.17, 15) is 0 Å². The third kappa shape index (κ3) is 3.11. The highest BCUT2D eigenvalue weighted by atomic mass is 14.5. The monoisotopic (exact) mass is 250 g/mol. The molecular formula is C18H34. The normalized spacial score (nSPS) is 35.3. The first-order valence-electron chi connectivity index (χ1n) is 8.61. The van der Waals surface area contributed by atoms with Crippen molar-refractivity contribution in [2.75, 3.05) is 0 Å². The summed E-state index contributed by atoms with van der Waals surface area (Å²) in [5, 5.41) is 0. The second kappa shape index (κ2) is 6.44. The van der Waals surface area contributed by atoms with E-state index in [-0.39, 0.29) is 0 Å². The van der Waals surface area contributed by atoms with Crippen LogP contribution in [0.15, 0.2) is 0 Å². The average Bonchev–Trinajstić information content (AvgIpc) is 2.38. The maximum atomic E-state index is 2.48. The third-order valence-electron chi connectivity index (χ3n) is 5.97. The summed E-state index contributed by atoms with van der Waals surface area (Å²) in [5.74, 6) is 5.97. The fraction of sp³-hybridized carbons (Fsp3) is 1.00. The van der Waals surface area contributed by atoms with Crippen LogP contribution in [0.3, 0.4) is 0 Å². The molecule has 106 valence electrons. The molecule has 18 heavy (non-hydrogen) atoms. The minimum absolute atomic E-state index is 0.901. The van der Waals surface area contributed by atoms with E-state index < -0.39 is 0 Å². The Morgan fingerprint density at radius 2 is 1.11 bits per heavy atom. The van der Waals surface area contributed by atoms with E-state index in [2.05, 4.69) is 27.7 Å². The van der Waals surface area contributed by atoms with Crippen molar-refractivity contribution in [3.05, 3.63) is 0 Å². The fourth-order valence-corrected chi connectivity index (χ4v) is 5.07. The summed E-state index contributed by atoms with van der Waals surface area (Å²) >= 11 is 0. The second-order valence-electron chi connectivity index (χ2n) is 7.72. The van der Waals surface area contributed by atoms with Crippen LogP contribution in [-0.2, 0) is 0 Å². The van der Waals surface area contributed by atoms with Crippen molar-refractivity contribution in [3.8, 4) is 0 Å². The van der Waals surface area contributed by atoms with Gasteiger partial charge in [-0.2, -0.15) is 0 Å². The Kier molecular flexibility index (Phi) is 5.15. The Morgan fingerprint density at radius 1 is 0.611 bits per heavy atom. The lowest BCUT2D eigenvalue weighted by molar-refractivity contribution is 0.0214. The molecule has 2 atom stereocenters. The van der Waals surface area contributed by atoms with Crippen LogP contribution < -0.4 is 0 Å². The predicted molar refractivity (Wildman–Crippen MR) is 80.6 cm³/mol. The molecule has 2 aliphatic carbocycles. The maximum Gasteiger partial charge on any atom is -0.0324 e. The summed E-state index contributed by atoms with van der Waals surface area (Å²) in [5.41, 5.74) is 0. The van der Waals surface area contributed by atoms with Crippen molar-refractivity contribution in [3.63, 3.8) is 0 Å². The Labute approximate surface area is 115 Å². The molecule has 2 fully saturated rings. The summed E-state index contributed by atoms with van der Waals surface area (Å²) in [7, 11) is 0. The van der Waals surface area contributed by atoms with Gasteiger partial charge in [-0.05, 0) is 48.3 Å². The standard InChI is InChI=1S/C18H34/c1-13(2)16-11-8-12-17(14(3)4)18(16)15-9-6-5-7-10-15/h13-18H,5-12H2,1-4H3. The number of hydrogen-bond acceptors (Lipinski definition) is 0. The minimum atomic E-state index is 0.901. The molecule has 0 radical (unpaired) electrons. The van der Waals surface area contributed by atoms with E-state index in [0.717, 1.165) is 35.5 Å². The second-order valence-corrected chi connectivity index (χ2v) is 7.72. The lowest BCUT2D eigenvalue weighted by Crippen LogP contribution is -2.39.